The third-order valence-electron chi connectivity index (χ3n) is 4.08. The van der Waals surface area contributed by atoms with Gasteiger partial charge >= 0.3 is 0 Å². The first-order chi connectivity index (χ1) is 12.3. The summed E-state index contributed by atoms with van der Waals surface area (Å²) in [5, 5.41) is 4.00. The van der Waals surface area contributed by atoms with Gasteiger partial charge in [-0.15, -0.1) is 0 Å². The number of hydrogen-bond acceptors (Lipinski definition) is 3. The number of amides is 1. The Hall–Kier alpha value is -2.35. The molecule has 0 aliphatic heterocycles. The molecule has 0 aliphatic rings. The Labute approximate surface area is 156 Å². The maximum absolute atomic E-state index is 12.5. The molecule has 136 valence electrons. The van der Waals surface area contributed by atoms with E-state index in [2.05, 4.69) is 10.3 Å². The number of carbonyl (C=O) groups excluding carboxylic acids is 1. The van der Waals surface area contributed by atoms with Crippen LogP contribution in [-0.2, 0) is 16.6 Å². The second-order valence-electron chi connectivity index (χ2n) is 5.97. The molecule has 0 bridgehead atoms. The second-order valence-corrected chi connectivity index (χ2v) is 8.53. The van der Waals surface area contributed by atoms with E-state index in [1.54, 1.807) is 0 Å². The number of para-hydroxylation sites is 1. The molecule has 0 fully saturated rings. The van der Waals surface area contributed by atoms with Gasteiger partial charge in [0.05, 0.1) is 15.5 Å². The van der Waals surface area contributed by atoms with E-state index in [1.165, 1.54) is 32.3 Å². The van der Waals surface area contributed by atoms with Crippen LogP contribution in [0, 0.1) is 0 Å². The Bertz CT molecular complexity index is 1070. The highest BCUT2D eigenvalue weighted by molar-refractivity contribution is 7.89. The summed E-state index contributed by atoms with van der Waals surface area (Å²) in [5.41, 5.74) is 2.03. The number of aromatic nitrogens is 1. The Morgan fingerprint density at radius 2 is 1.92 bits per heavy atom. The van der Waals surface area contributed by atoms with Gasteiger partial charge in [-0.2, -0.15) is 0 Å². The lowest BCUT2D eigenvalue weighted by atomic mass is 10.1. The third-order valence-corrected chi connectivity index (χ3v) is 6.22. The SMILES string of the molecule is CN(C)S(=O)(=O)c1ccc(Cl)c(C(=O)NCc2c[nH]c3ccccc23)c1. The maximum Gasteiger partial charge on any atom is 0.253 e. The fourth-order valence-electron chi connectivity index (χ4n) is 2.60. The van der Waals surface area contributed by atoms with Gasteiger partial charge in [-0.3, -0.25) is 4.79 Å². The summed E-state index contributed by atoms with van der Waals surface area (Å²) < 4.78 is 25.6. The van der Waals surface area contributed by atoms with Crippen molar-refractivity contribution in [1.82, 2.24) is 14.6 Å². The second kappa shape index (κ2) is 7.11. The highest BCUT2D eigenvalue weighted by Crippen LogP contribution is 2.23. The minimum atomic E-state index is -3.65. The fourth-order valence-corrected chi connectivity index (χ4v) is 3.73. The predicted molar refractivity (Wildman–Crippen MR) is 102 cm³/mol. The summed E-state index contributed by atoms with van der Waals surface area (Å²) in [4.78, 5) is 15.7. The van der Waals surface area contributed by atoms with E-state index < -0.39 is 15.9 Å². The highest BCUT2D eigenvalue weighted by atomic mass is 35.5. The average molecular weight is 392 g/mol. The monoisotopic (exact) mass is 391 g/mol. The van der Waals surface area contributed by atoms with Crippen LogP contribution in [0.25, 0.3) is 10.9 Å². The maximum atomic E-state index is 12.5. The van der Waals surface area contributed by atoms with Crippen LogP contribution in [0.15, 0.2) is 53.6 Å². The molecule has 0 spiro atoms. The van der Waals surface area contributed by atoms with E-state index in [9.17, 15) is 13.2 Å². The summed E-state index contributed by atoms with van der Waals surface area (Å²) in [7, 11) is -0.784. The minimum Gasteiger partial charge on any atom is -0.361 e. The molecule has 8 heteroatoms. The molecular weight excluding hydrogens is 374 g/mol. The molecule has 26 heavy (non-hydrogen) atoms. The molecule has 1 aromatic heterocycles. The van der Waals surface area contributed by atoms with Gasteiger partial charge in [-0.25, -0.2) is 12.7 Å². The number of halogens is 1. The highest BCUT2D eigenvalue weighted by Gasteiger charge is 2.20. The molecule has 0 saturated heterocycles. The molecule has 3 rings (SSSR count). The van der Waals surface area contributed by atoms with Gasteiger partial charge in [0.2, 0.25) is 10.0 Å². The number of H-pyrrole nitrogens is 1. The van der Waals surface area contributed by atoms with Crippen LogP contribution >= 0.6 is 11.6 Å². The predicted octanol–water partition coefficient (Wildman–Crippen LogP) is 3.00. The van der Waals surface area contributed by atoms with Crippen LogP contribution in [-0.4, -0.2) is 37.7 Å². The summed E-state index contributed by atoms with van der Waals surface area (Å²) in [6.45, 7) is 0.295. The third kappa shape index (κ3) is 3.46. The van der Waals surface area contributed by atoms with Crippen molar-refractivity contribution < 1.29 is 13.2 Å². The van der Waals surface area contributed by atoms with Gasteiger partial charge in [0.15, 0.2) is 0 Å². The molecule has 0 saturated carbocycles. The van der Waals surface area contributed by atoms with Crippen molar-refractivity contribution in [2.24, 2.45) is 0 Å². The molecule has 2 aromatic carbocycles. The van der Waals surface area contributed by atoms with Crippen molar-refractivity contribution in [3.63, 3.8) is 0 Å². The number of benzene rings is 2. The zero-order valence-electron chi connectivity index (χ0n) is 14.3. The average Bonchev–Trinajstić information content (AvgIpc) is 3.03. The van der Waals surface area contributed by atoms with Crippen molar-refractivity contribution >= 4 is 38.4 Å². The fraction of sp³-hybridized carbons (Fsp3) is 0.167. The first-order valence-electron chi connectivity index (χ1n) is 7.86. The molecule has 0 aliphatic carbocycles. The van der Waals surface area contributed by atoms with E-state index in [0.29, 0.717) is 6.54 Å². The first kappa shape index (κ1) is 18.4. The lowest BCUT2D eigenvalue weighted by molar-refractivity contribution is 0.0951. The van der Waals surface area contributed by atoms with E-state index >= 15 is 0 Å². The Morgan fingerprint density at radius 1 is 1.19 bits per heavy atom. The molecule has 0 radical (unpaired) electrons. The van der Waals surface area contributed by atoms with Crippen LogP contribution in [0.4, 0.5) is 0 Å². The van der Waals surface area contributed by atoms with Crippen molar-refractivity contribution in [3.05, 3.63) is 64.8 Å². The molecule has 6 nitrogen and oxygen atoms in total. The number of aromatic amines is 1. The number of carbonyl (C=O) groups is 1. The van der Waals surface area contributed by atoms with Crippen LogP contribution < -0.4 is 5.32 Å². The minimum absolute atomic E-state index is 0.0177. The van der Waals surface area contributed by atoms with Crippen molar-refractivity contribution in [2.45, 2.75) is 11.4 Å². The summed E-state index contributed by atoms with van der Waals surface area (Å²) in [6, 6.07) is 11.9. The van der Waals surface area contributed by atoms with E-state index in [1.807, 2.05) is 30.5 Å². The lowest BCUT2D eigenvalue weighted by Crippen LogP contribution is -2.25. The lowest BCUT2D eigenvalue weighted by Gasteiger charge is -2.13. The number of nitrogens with zero attached hydrogens (tertiary/aromatic N) is 1. The molecule has 0 unspecified atom stereocenters. The zero-order valence-corrected chi connectivity index (χ0v) is 15.9. The molecule has 1 amide bonds. The van der Waals surface area contributed by atoms with E-state index in [-0.39, 0.29) is 15.5 Å². The van der Waals surface area contributed by atoms with Gasteiger partial charge in [0.25, 0.3) is 5.91 Å². The van der Waals surface area contributed by atoms with Gasteiger partial charge in [-0.1, -0.05) is 29.8 Å². The van der Waals surface area contributed by atoms with Gasteiger partial charge in [0.1, 0.15) is 0 Å². The van der Waals surface area contributed by atoms with Crippen LogP contribution in [0.2, 0.25) is 5.02 Å². The summed E-state index contributed by atoms with van der Waals surface area (Å²) >= 11 is 6.10. The van der Waals surface area contributed by atoms with E-state index in [4.69, 9.17) is 11.6 Å². The molecule has 0 atom stereocenters. The van der Waals surface area contributed by atoms with Gasteiger partial charge < -0.3 is 10.3 Å². The Kier molecular flexibility index (Phi) is 5.04. The molecular formula is C18H18ClN3O3S. The Morgan fingerprint density at radius 3 is 2.65 bits per heavy atom. The number of rotatable bonds is 5. The number of sulfonamides is 1. The quantitative estimate of drug-likeness (QED) is 0.701. The smallest absolute Gasteiger partial charge is 0.253 e. The largest absolute Gasteiger partial charge is 0.361 e. The standard InChI is InChI=1S/C18H18ClN3O3S/c1-22(2)26(24,25)13-7-8-16(19)15(9-13)18(23)21-11-12-10-20-17-6-4-3-5-14(12)17/h3-10,20H,11H2,1-2H3,(H,21,23). The Balaban J connectivity index is 1.84. The number of hydrogen-bond donors (Lipinski definition) is 2. The van der Waals surface area contributed by atoms with Gasteiger partial charge in [-0.05, 0) is 29.8 Å². The molecule has 3 aromatic rings. The molecule has 2 N–H and O–H groups in total. The van der Waals surface area contributed by atoms with Crippen LogP contribution in [0.1, 0.15) is 15.9 Å². The number of nitrogens with one attached hydrogen (secondary N) is 2. The van der Waals surface area contributed by atoms with Crippen LogP contribution in [0.3, 0.4) is 0 Å². The van der Waals surface area contributed by atoms with Crippen molar-refractivity contribution in [2.75, 3.05) is 14.1 Å². The first-order valence-corrected chi connectivity index (χ1v) is 9.68. The summed E-state index contributed by atoms with van der Waals surface area (Å²) in [6.07, 6.45) is 1.83. The number of fused-ring (bicyclic) bond motifs is 1. The van der Waals surface area contributed by atoms with Crippen molar-refractivity contribution in [3.8, 4) is 0 Å². The molecule has 1 heterocycles. The van der Waals surface area contributed by atoms with Gasteiger partial charge in [0, 0.05) is 37.7 Å². The summed E-state index contributed by atoms with van der Waals surface area (Å²) in [5.74, 6) is -0.434. The van der Waals surface area contributed by atoms with Crippen molar-refractivity contribution in [1.29, 1.82) is 0 Å². The normalized spacial score (nSPS) is 11.8. The van der Waals surface area contributed by atoms with Crippen LogP contribution in [0.5, 0.6) is 0 Å². The van der Waals surface area contributed by atoms with E-state index in [0.717, 1.165) is 20.8 Å². The zero-order chi connectivity index (χ0) is 18.9. The topological polar surface area (TPSA) is 82.3 Å².